The van der Waals surface area contributed by atoms with Crippen LogP contribution >= 0.6 is 0 Å². The normalized spacial score (nSPS) is 15.0. The van der Waals surface area contributed by atoms with E-state index >= 15 is 0 Å². The van der Waals surface area contributed by atoms with E-state index in [2.05, 4.69) is 33.1 Å². The van der Waals surface area contributed by atoms with E-state index in [1.165, 1.54) is 12.2 Å². The maximum absolute atomic E-state index is 11.1. The van der Waals surface area contributed by atoms with Crippen molar-refractivity contribution in [1.82, 2.24) is 19.9 Å². The van der Waals surface area contributed by atoms with Crippen molar-refractivity contribution in [1.29, 1.82) is 0 Å². The van der Waals surface area contributed by atoms with E-state index in [0.29, 0.717) is 76.0 Å². The van der Waals surface area contributed by atoms with E-state index in [0.717, 1.165) is 73.6 Å². The van der Waals surface area contributed by atoms with Gasteiger partial charge in [-0.05, 0) is 62.5 Å². The molecule has 0 aliphatic carbocycles. The van der Waals surface area contributed by atoms with Gasteiger partial charge in [-0.15, -0.1) is 0 Å². The molecule has 0 saturated carbocycles. The Morgan fingerprint density at radius 2 is 0.914 bits per heavy atom. The summed E-state index contributed by atoms with van der Waals surface area (Å²) in [6, 6.07) is 15.6. The van der Waals surface area contributed by atoms with E-state index < -0.39 is 12.6 Å². The maximum atomic E-state index is 11.1. The molecule has 0 N–H and O–H groups in total. The highest BCUT2D eigenvalue weighted by Gasteiger charge is 2.29. The van der Waals surface area contributed by atoms with Crippen LogP contribution in [0.3, 0.4) is 0 Å². The Morgan fingerprint density at radius 1 is 0.552 bits per heavy atom. The van der Waals surface area contributed by atoms with Crippen molar-refractivity contribution in [2.24, 2.45) is 0 Å². The third kappa shape index (κ3) is 15.4. The number of hydrogen-bond acceptors (Lipinski definition) is 14. The maximum Gasteiger partial charge on any atom is 0.330 e. The van der Waals surface area contributed by atoms with Gasteiger partial charge in [0, 0.05) is 23.3 Å². The fourth-order valence-electron chi connectivity index (χ4n) is 5.63. The Morgan fingerprint density at radius 3 is 1.28 bits per heavy atom. The Labute approximate surface area is 339 Å². The number of esters is 2. The molecule has 1 aliphatic heterocycles. The SMILES string of the molecule is C=CC(=O)OCCCCCCOc1cnc(-c2ccc(CO[C@H]3OCCO[C@@H]3OCc3ccc(-c4ncc(OCCCCCCOC(=O)C=C)cn4)cc3)cc2)nc1. The number of hydrogen-bond donors (Lipinski definition) is 0. The van der Waals surface area contributed by atoms with Gasteiger partial charge in [0.2, 0.25) is 12.6 Å². The highest BCUT2D eigenvalue weighted by Crippen LogP contribution is 2.22. The highest BCUT2D eigenvalue weighted by molar-refractivity contribution is 5.81. The Hall–Kier alpha value is -5.54. The lowest BCUT2D eigenvalue weighted by molar-refractivity contribution is -0.326. The number of carbonyl (C=O) groups excluding carboxylic acids is 2. The molecule has 1 saturated heterocycles. The number of nitrogens with zero attached hydrogens (tertiary/aromatic N) is 4. The summed E-state index contributed by atoms with van der Waals surface area (Å²) in [5.74, 6) is 1.64. The van der Waals surface area contributed by atoms with Crippen LogP contribution in [-0.2, 0) is 51.2 Å². The average molecular weight is 797 g/mol. The summed E-state index contributed by atoms with van der Waals surface area (Å²) in [5.41, 5.74) is 3.64. The minimum Gasteiger partial charge on any atom is -0.490 e. The topological polar surface area (TPSA) is 160 Å². The molecule has 3 heterocycles. The first-order valence-electron chi connectivity index (χ1n) is 19.6. The molecule has 0 amide bonds. The van der Waals surface area contributed by atoms with Crippen molar-refractivity contribution in [2.45, 2.75) is 77.2 Å². The zero-order chi connectivity index (χ0) is 40.6. The minimum atomic E-state index is -0.686. The van der Waals surface area contributed by atoms with Gasteiger partial charge in [0.15, 0.2) is 23.1 Å². The summed E-state index contributed by atoms with van der Waals surface area (Å²) in [4.78, 5) is 40.0. The molecule has 4 aromatic rings. The molecular weight excluding hydrogens is 745 g/mol. The Bertz CT molecular complexity index is 1690. The van der Waals surface area contributed by atoms with Crippen molar-refractivity contribution in [3.63, 3.8) is 0 Å². The van der Waals surface area contributed by atoms with Crippen LogP contribution in [0.25, 0.3) is 22.8 Å². The lowest BCUT2D eigenvalue weighted by Crippen LogP contribution is -2.41. The second kappa shape index (κ2) is 25.0. The van der Waals surface area contributed by atoms with Crippen molar-refractivity contribution in [2.75, 3.05) is 39.6 Å². The summed E-state index contributed by atoms with van der Waals surface area (Å²) < 4.78 is 45.4. The van der Waals surface area contributed by atoms with Crippen LogP contribution in [0.15, 0.2) is 98.6 Å². The highest BCUT2D eigenvalue weighted by atomic mass is 16.8. The Balaban J connectivity index is 0.975. The van der Waals surface area contributed by atoms with Gasteiger partial charge in [-0.2, -0.15) is 0 Å². The van der Waals surface area contributed by atoms with E-state index in [-0.39, 0.29) is 11.9 Å². The number of benzene rings is 2. The molecule has 2 aromatic heterocycles. The monoisotopic (exact) mass is 796 g/mol. The molecule has 58 heavy (non-hydrogen) atoms. The zero-order valence-corrected chi connectivity index (χ0v) is 32.8. The van der Waals surface area contributed by atoms with Gasteiger partial charge in [-0.1, -0.05) is 61.7 Å². The van der Waals surface area contributed by atoms with Crippen LogP contribution < -0.4 is 9.47 Å². The molecule has 2 aromatic carbocycles. The van der Waals surface area contributed by atoms with Gasteiger partial charge >= 0.3 is 11.9 Å². The lowest BCUT2D eigenvalue weighted by Gasteiger charge is -2.31. The molecule has 0 unspecified atom stereocenters. The third-order valence-electron chi connectivity index (χ3n) is 8.82. The number of unbranched alkanes of at least 4 members (excludes halogenated alkanes) is 6. The number of carbonyl (C=O) groups is 2. The summed E-state index contributed by atoms with van der Waals surface area (Å²) in [5, 5.41) is 0. The van der Waals surface area contributed by atoms with Crippen LogP contribution in [0.5, 0.6) is 11.5 Å². The zero-order valence-electron chi connectivity index (χ0n) is 32.8. The van der Waals surface area contributed by atoms with E-state index in [1.807, 2.05) is 48.5 Å². The van der Waals surface area contributed by atoms with Gasteiger partial charge in [-0.25, -0.2) is 29.5 Å². The quantitative estimate of drug-likeness (QED) is 0.0352. The standard InChI is InChI=1S/C44H52N4O10/c1-3-39(49)53-23-11-7-5-9-21-51-37-27-45-41(46-28-37)35-17-13-33(14-18-35)31-57-43-44(56-26-25-55-43)58-32-34-15-19-36(20-16-34)42-47-29-38(30-48-42)52-22-10-6-8-12-24-54-40(50)4-2/h3-4,13-20,27-30,43-44H,1-2,5-12,21-26,31-32H2/t43-,44-/m1/s1. The van der Waals surface area contributed by atoms with Crippen molar-refractivity contribution >= 4 is 11.9 Å². The lowest BCUT2D eigenvalue weighted by atomic mass is 10.1. The van der Waals surface area contributed by atoms with E-state index in [4.69, 9.17) is 37.9 Å². The predicted octanol–water partition coefficient (Wildman–Crippen LogP) is 7.37. The van der Waals surface area contributed by atoms with Gasteiger partial charge in [0.05, 0.1) is 77.6 Å². The van der Waals surface area contributed by atoms with E-state index in [1.54, 1.807) is 24.8 Å². The second-order valence-corrected chi connectivity index (χ2v) is 13.2. The molecule has 308 valence electrons. The van der Waals surface area contributed by atoms with Crippen LogP contribution in [0.4, 0.5) is 0 Å². The molecule has 1 aliphatic rings. The first-order chi connectivity index (χ1) is 28.5. The van der Waals surface area contributed by atoms with Crippen molar-refractivity contribution in [3.8, 4) is 34.3 Å². The molecule has 0 bridgehead atoms. The van der Waals surface area contributed by atoms with Gasteiger partial charge in [-0.3, -0.25) is 0 Å². The molecule has 14 nitrogen and oxygen atoms in total. The van der Waals surface area contributed by atoms with Crippen LogP contribution in [0.2, 0.25) is 0 Å². The molecule has 14 heteroatoms. The first kappa shape index (κ1) is 43.6. The minimum absolute atomic E-state index is 0.302. The summed E-state index contributed by atoms with van der Waals surface area (Å²) >= 11 is 0. The molecular formula is C44H52N4O10. The fourth-order valence-corrected chi connectivity index (χ4v) is 5.63. The fraction of sp³-hybridized carbons (Fsp3) is 0.409. The summed E-state index contributed by atoms with van der Waals surface area (Å²) in [6.07, 6.45) is 14.9. The van der Waals surface area contributed by atoms with E-state index in [9.17, 15) is 9.59 Å². The number of aromatic nitrogens is 4. The largest absolute Gasteiger partial charge is 0.490 e. The number of rotatable bonds is 26. The smallest absolute Gasteiger partial charge is 0.330 e. The van der Waals surface area contributed by atoms with Crippen LogP contribution in [0, 0.1) is 0 Å². The molecule has 2 atom stereocenters. The summed E-state index contributed by atoms with van der Waals surface area (Å²) in [6.45, 7) is 10.1. The first-order valence-corrected chi connectivity index (χ1v) is 19.6. The van der Waals surface area contributed by atoms with Gasteiger partial charge < -0.3 is 37.9 Å². The number of ether oxygens (including phenoxy) is 8. The Kier molecular flexibility index (Phi) is 18.8. The predicted molar refractivity (Wildman–Crippen MR) is 214 cm³/mol. The third-order valence-corrected chi connectivity index (χ3v) is 8.82. The molecule has 1 fully saturated rings. The van der Waals surface area contributed by atoms with Gasteiger partial charge in [0.1, 0.15) is 0 Å². The second-order valence-electron chi connectivity index (χ2n) is 13.2. The van der Waals surface area contributed by atoms with Crippen molar-refractivity contribution in [3.05, 3.63) is 110 Å². The molecule has 0 spiro atoms. The van der Waals surface area contributed by atoms with Crippen molar-refractivity contribution < 1.29 is 47.5 Å². The average Bonchev–Trinajstić information content (AvgIpc) is 3.27. The van der Waals surface area contributed by atoms with Gasteiger partial charge in [0.25, 0.3) is 0 Å². The van der Waals surface area contributed by atoms with Crippen LogP contribution in [-0.4, -0.2) is 84.1 Å². The van der Waals surface area contributed by atoms with Crippen LogP contribution in [0.1, 0.15) is 62.5 Å². The molecule has 5 rings (SSSR count). The molecule has 0 radical (unpaired) electrons. The summed E-state index contributed by atoms with van der Waals surface area (Å²) in [7, 11) is 0.